The van der Waals surface area contributed by atoms with Gasteiger partial charge in [-0.2, -0.15) is 0 Å². The summed E-state index contributed by atoms with van der Waals surface area (Å²) in [6.45, 7) is 4.20. The second-order valence-corrected chi connectivity index (χ2v) is 3.71. The summed E-state index contributed by atoms with van der Waals surface area (Å²) >= 11 is 1.88. The summed E-state index contributed by atoms with van der Waals surface area (Å²) in [6, 6.07) is 8.49. The molecule has 0 unspecified atom stereocenters. The Bertz CT molecular complexity index is 263. The van der Waals surface area contributed by atoms with Gasteiger partial charge in [0.25, 0.3) is 0 Å². The molecule has 1 aromatic carbocycles. The van der Waals surface area contributed by atoms with Gasteiger partial charge < -0.3 is 0 Å². The molecule has 0 N–H and O–H groups in total. The van der Waals surface area contributed by atoms with Crippen LogP contribution in [0.15, 0.2) is 41.3 Å². The Morgan fingerprint density at radius 3 is 2.75 bits per heavy atom. The van der Waals surface area contributed by atoms with Crippen molar-refractivity contribution in [3.63, 3.8) is 0 Å². The molecular formula is C11H14S. The van der Waals surface area contributed by atoms with Gasteiger partial charge in [0.15, 0.2) is 0 Å². The van der Waals surface area contributed by atoms with Crippen molar-refractivity contribution in [1.29, 1.82) is 0 Å². The molecule has 1 aromatic rings. The molecule has 0 aliphatic rings. The van der Waals surface area contributed by atoms with Crippen molar-refractivity contribution in [3.05, 3.63) is 42.0 Å². The SMILES string of the molecule is CC=CCSc1ccccc1C. The van der Waals surface area contributed by atoms with Crippen molar-refractivity contribution >= 4 is 11.8 Å². The van der Waals surface area contributed by atoms with Crippen LogP contribution in [0.4, 0.5) is 0 Å². The van der Waals surface area contributed by atoms with Gasteiger partial charge in [-0.1, -0.05) is 30.4 Å². The number of allylic oxidation sites excluding steroid dienone is 1. The molecule has 1 heteroatoms. The molecule has 0 aromatic heterocycles. The molecule has 0 saturated heterocycles. The third kappa shape index (κ3) is 2.74. The summed E-state index contributed by atoms with van der Waals surface area (Å²) < 4.78 is 0. The highest BCUT2D eigenvalue weighted by atomic mass is 32.2. The molecule has 0 bridgehead atoms. The lowest BCUT2D eigenvalue weighted by atomic mass is 10.2. The molecule has 0 radical (unpaired) electrons. The minimum Gasteiger partial charge on any atom is -0.122 e. The minimum atomic E-state index is 1.07. The van der Waals surface area contributed by atoms with Crippen LogP contribution in [0.1, 0.15) is 12.5 Å². The number of aryl methyl sites for hydroxylation is 1. The summed E-state index contributed by atoms with van der Waals surface area (Å²) in [6.07, 6.45) is 4.27. The zero-order valence-electron chi connectivity index (χ0n) is 7.58. The molecular weight excluding hydrogens is 164 g/mol. The average Bonchev–Trinajstić information content (AvgIpc) is 2.09. The smallest absolute Gasteiger partial charge is 0.0160 e. The summed E-state index contributed by atoms with van der Waals surface area (Å²) in [4.78, 5) is 1.38. The Morgan fingerprint density at radius 1 is 1.33 bits per heavy atom. The van der Waals surface area contributed by atoms with Crippen molar-refractivity contribution in [2.24, 2.45) is 0 Å². The van der Waals surface area contributed by atoms with Gasteiger partial charge in [-0.25, -0.2) is 0 Å². The zero-order valence-corrected chi connectivity index (χ0v) is 8.40. The van der Waals surface area contributed by atoms with Gasteiger partial charge in [0, 0.05) is 10.6 Å². The number of hydrogen-bond acceptors (Lipinski definition) is 1. The van der Waals surface area contributed by atoms with Crippen LogP contribution in [-0.4, -0.2) is 5.75 Å². The summed E-state index contributed by atoms with van der Waals surface area (Å²) in [5.74, 6) is 1.07. The highest BCUT2D eigenvalue weighted by Crippen LogP contribution is 2.21. The molecule has 0 atom stereocenters. The van der Waals surface area contributed by atoms with Gasteiger partial charge in [-0.3, -0.25) is 0 Å². The first-order valence-corrected chi connectivity index (χ1v) is 5.12. The van der Waals surface area contributed by atoms with E-state index in [9.17, 15) is 0 Å². The molecule has 0 amide bonds. The maximum Gasteiger partial charge on any atom is 0.0160 e. The maximum atomic E-state index is 2.18. The van der Waals surface area contributed by atoms with Gasteiger partial charge in [0.1, 0.15) is 0 Å². The third-order valence-electron chi connectivity index (χ3n) is 1.66. The molecule has 12 heavy (non-hydrogen) atoms. The highest BCUT2D eigenvalue weighted by Gasteiger charge is 1.94. The predicted octanol–water partition coefficient (Wildman–Crippen LogP) is 3.66. The third-order valence-corrected chi connectivity index (χ3v) is 2.79. The Balaban J connectivity index is 2.57. The van der Waals surface area contributed by atoms with E-state index < -0.39 is 0 Å². The van der Waals surface area contributed by atoms with E-state index in [2.05, 4.69) is 50.3 Å². The molecule has 0 nitrogen and oxygen atoms in total. The zero-order chi connectivity index (χ0) is 8.81. The maximum absolute atomic E-state index is 2.18. The van der Waals surface area contributed by atoms with Crippen LogP contribution in [0.5, 0.6) is 0 Å². The van der Waals surface area contributed by atoms with E-state index in [4.69, 9.17) is 0 Å². The van der Waals surface area contributed by atoms with Crippen molar-refractivity contribution < 1.29 is 0 Å². The quantitative estimate of drug-likeness (QED) is 0.503. The van der Waals surface area contributed by atoms with E-state index in [1.165, 1.54) is 10.5 Å². The van der Waals surface area contributed by atoms with E-state index in [0.29, 0.717) is 0 Å². The first-order valence-electron chi connectivity index (χ1n) is 4.14. The van der Waals surface area contributed by atoms with E-state index in [1.807, 2.05) is 11.8 Å². The standard InChI is InChI=1S/C11H14S/c1-3-4-9-12-11-8-6-5-7-10(11)2/h3-8H,9H2,1-2H3. The van der Waals surface area contributed by atoms with Gasteiger partial charge in [-0.05, 0) is 25.5 Å². The van der Waals surface area contributed by atoms with Crippen LogP contribution in [0.25, 0.3) is 0 Å². The minimum absolute atomic E-state index is 1.07. The summed E-state index contributed by atoms with van der Waals surface area (Å²) in [5.41, 5.74) is 1.37. The van der Waals surface area contributed by atoms with Crippen LogP contribution in [0.3, 0.4) is 0 Å². The Morgan fingerprint density at radius 2 is 2.08 bits per heavy atom. The molecule has 0 saturated carbocycles. The topological polar surface area (TPSA) is 0 Å². The molecule has 64 valence electrons. The van der Waals surface area contributed by atoms with E-state index >= 15 is 0 Å². The van der Waals surface area contributed by atoms with Crippen LogP contribution in [-0.2, 0) is 0 Å². The first kappa shape index (κ1) is 9.40. The van der Waals surface area contributed by atoms with Crippen molar-refractivity contribution in [3.8, 4) is 0 Å². The molecule has 0 aliphatic carbocycles. The Labute approximate surface area is 78.7 Å². The van der Waals surface area contributed by atoms with Crippen LogP contribution in [0, 0.1) is 6.92 Å². The molecule has 0 heterocycles. The lowest BCUT2D eigenvalue weighted by Crippen LogP contribution is -1.78. The lowest BCUT2D eigenvalue weighted by molar-refractivity contribution is 1.30. The van der Waals surface area contributed by atoms with Gasteiger partial charge >= 0.3 is 0 Å². The number of rotatable bonds is 3. The number of benzene rings is 1. The first-order chi connectivity index (χ1) is 5.84. The van der Waals surface area contributed by atoms with Gasteiger partial charge in [0.05, 0.1) is 0 Å². The fourth-order valence-corrected chi connectivity index (χ4v) is 1.89. The largest absolute Gasteiger partial charge is 0.122 e. The number of thioether (sulfide) groups is 1. The fraction of sp³-hybridized carbons (Fsp3) is 0.273. The molecule has 0 fully saturated rings. The second-order valence-electron chi connectivity index (χ2n) is 2.65. The van der Waals surface area contributed by atoms with E-state index in [1.54, 1.807) is 0 Å². The molecule has 1 rings (SSSR count). The second kappa shape index (κ2) is 5.04. The van der Waals surface area contributed by atoms with Gasteiger partial charge in [0.2, 0.25) is 0 Å². The van der Waals surface area contributed by atoms with Crippen LogP contribution in [0.2, 0.25) is 0 Å². The average molecular weight is 178 g/mol. The Hall–Kier alpha value is -0.690. The molecule has 0 spiro atoms. The fourth-order valence-electron chi connectivity index (χ4n) is 0.952. The van der Waals surface area contributed by atoms with Crippen molar-refractivity contribution in [2.75, 3.05) is 5.75 Å². The highest BCUT2D eigenvalue weighted by molar-refractivity contribution is 7.99. The normalized spacial score (nSPS) is 10.8. The Kier molecular flexibility index (Phi) is 3.95. The van der Waals surface area contributed by atoms with Crippen LogP contribution < -0.4 is 0 Å². The summed E-state index contributed by atoms with van der Waals surface area (Å²) in [7, 11) is 0. The molecule has 0 aliphatic heterocycles. The van der Waals surface area contributed by atoms with Crippen LogP contribution >= 0.6 is 11.8 Å². The van der Waals surface area contributed by atoms with Crippen molar-refractivity contribution in [1.82, 2.24) is 0 Å². The van der Waals surface area contributed by atoms with Crippen molar-refractivity contribution in [2.45, 2.75) is 18.7 Å². The van der Waals surface area contributed by atoms with E-state index in [0.717, 1.165) is 5.75 Å². The summed E-state index contributed by atoms with van der Waals surface area (Å²) in [5, 5.41) is 0. The lowest BCUT2D eigenvalue weighted by Gasteiger charge is -2.01. The van der Waals surface area contributed by atoms with Gasteiger partial charge in [-0.15, -0.1) is 11.8 Å². The predicted molar refractivity (Wildman–Crippen MR) is 56.7 cm³/mol. The monoisotopic (exact) mass is 178 g/mol. The number of hydrogen-bond donors (Lipinski definition) is 0. The van der Waals surface area contributed by atoms with E-state index in [-0.39, 0.29) is 0 Å².